The van der Waals surface area contributed by atoms with E-state index in [0.29, 0.717) is 18.0 Å². The van der Waals surface area contributed by atoms with Crippen molar-refractivity contribution in [3.63, 3.8) is 0 Å². The maximum Gasteiger partial charge on any atom is 0.326 e. The van der Waals surface area contributed by atoms with Gasteiger partial charge in [0.2, 0.25) is 0 Å². The minimum Gasteiger partial charge on any atom is -0.494 e. The van der Waals surface area contributed by atoms with E-state index in [0.717, 1.165) is 4.90 Å². The van der Waals surface area contributed by atoms with E-state index in [4.69, 9.17) is 9.84 Å². The topological polar surface area (TPSA) is 99.1 Å². The lowest BCUT2D eigenvalue weighted by Crippen LogP contribution is -2.43. The van der Waals surface area contributed by atoms with Gasteiger partial charge in [-0.15, -0.1) is 0 Å². The summed E-state index contributed by atoms with van der Waals surface area (Å²) >= 11 is 0. The van der Waals surface area contributed by atoms with E-state index in [1.165, 1.54) is 0 Å². The number of carbonyl (C=O) groups excluding carboxylic acids is 1. The van der Waals surface area contributed by atoms with Gasteiger partial charge in [-0.3, -0.25) is 0 Å². The molecule has 0 unspecified atom stereocenters. The van der Waals surface area contributed by atoms with Crippen LogP contribution in [0.5, 0.6) is 5.75 Å². The molecule has 1 aromatic carbocycles. The largest absolute Gasteiger partial charge is 0.494 e. The van der Waals surface area contributed by atoms with Gasteiger partial charge in [0.25, 0.3) is 0 Å². The Hall–Kier alpha value is -2.28. The summed E-state index contributed by atoms with van der Waals surface area (Å²) in [4.78, 5) is 24.4. The molecule has 1 saturated heterocycles. The van der Waals surface area contributed by atoms with Gasteiger partial charge in [-0.1, -0.05) is 6.07 Å². The lowest BCUT2D eigenvalue weighted by molar-refractivity contribution is -0.141. The summed E-state index contributed by atoms with van der Waals surface area (Å²) in [5.74, 6) is -0.503. The fourth-order valence-electron chi connectivity index (χ4n) is 2.30. The van der Waals surface area contributed by atoms with Crippen molar-refractivity contribution in [2.45, 2.75) is 25.5 Å². The van der Waals surface area contributed by atoms with Crippen molar-refractivity contribution in [3.8, 4) is 5.75 Å². The van der Waals surface area contributed by atoms with E-state index < -0.39 is 24.1 Å². The Morgan fingerprint density at radius 2 is 2.24 bits per heavy atom. The first-order valence-corrected chi connectivity index (χ1v) is 6.72. The Kier molecular flexibility index (Phi) is 4.64. The van der Waals surface area contributed by atoms with Gasteiger partial charge < -0.3 is 25.2 Å². The van der Waals surface area contributed by atoms with Gasteiger partial charge in [-0.05, 0) is 19.1 Å². The molecular formula is C14H18N2O5. The van der Waals surface area contributed by atoms with E-state index in [2.05, 4.69) is 5.32 Å². The van der Waals surface area contributed by atoms with Crippen LogP contribution in [0.15, 0.2) is 24.3 Å². The molecular weight excluding hydrogens is 276 g/mol. The molecule has 1 fully saturated rings. The lowest BCUT2D eigenvalue weighted by atomic mass is 10.2. The molecule has 114 valence electrons. The molecule has 0 radical (unpaired) electrons. The molecule has 7 nitrogen and oxygen atoms in total. The van der Waals surface area contributed by atoms with Gasteiger partial charge >= 0.3 is 12.0 Å². The molecule has 1 heterocycles. The quantitative estimate of drug-likeness (QED) is 0.773. The van der Waals surface area contributed by atoms with Gasteiger partial charge in [0.1, 0.15) is 11.8 Å². The van der Waals surface area contributed by atoms with E-state index in [9.17, 15) is 14.7 Å². The molecule has 1 aliphatic heterocycles. The highest BCUT2D eigenvalue weighted by atomic mass is 16.5. The zero-order chi connectivity index (χ0) is 15.4. The molecule has 21 heavy (non-hydrogen) atoms. The van der Waals surface area contributed by atoms with Crippen molar-refractivity contribution in [3.05, 3.63) is 24.3 Å². The monoisotopic (exact) mass is 294 g/mol. The van der Waals surface area contributed by atoms with Crippen LogP contribution >= 0.6 is 0 Å². The van der Waals surface area contributed by atoms with Crippen LogP contribution in [-0.2, 0) is 4.79 Å². The molecule has 2 rings (SSSR count). The van der Waals surface area contributed by atoms with Gasteiger partial charge in [0.15, 0.2) is 0 Å². The summed E-state index contributed by atoms with van der Waals surface area (Å²) in [5.41, 5.74) is 0.511. The number of ether oxygens (including phenoxy) is 1. The molecule has 2 amide bonds. The van der Waals surface area contributed by atoms with Crippen LogP contribution in [0.2, 0.25) is 0 Å². The summed E-state index contributed by atoms with van der Waals surface area (Å²) in [6.07, 6.45) is -0.770. The molecule has 0 aromatic heterocycles. The number of urea groups is 1. The number of nitrogens with zero attached hydrogens (tertiary/aromatic N) is 1. The number of nitrogens with one attached hydrogen (secondary N) is 1. The highest BCUT2D eigenvalue weighted by Crippen LogP contribution is 2.21. The van der Waals surface area contributed by atoms with Crippen LogP contribution < -0.4 is 10.1 Å². The number of aliphatic hydroxyl groups is 1. The summed E-state index contributed by atoms with van der Waals surface area (Å²) in [5, 5.41) is 21.2. The Morgan fingerprint density at radius 3 is 2.90 bits per heavy atom. The highest BCUT2D eigenvalue weighted by Gasteiger charge is 2.38. The second-order valence-corrected chi connectivity index (χ2v) is 4.79. The first-order chi connectivity index (χ1) is 10.0. The number of amides is 2. The second-order valence-electron chi connectivity index (χ2n) is 4.79. The number of likely N-dealkylation sites (tertiary alicyclic amines) is 1. The molecule has 3 N–H and O–H groups in total. The average Bonchev–Trinajstić information content (AvgIpc) is 2.82. The van der Waals surface area contributed by atoms with Crippen molar-refractivity contribution in [2.75, 3.05) is 18.5 Å². The first kappa shape index (κ1) is 15.1. The predicted octanol–water partition coefficient (Wildman–Crippen LogP) is 1.14. The number of hydrogen-bond acceptors (Lipinski definition) is 4. The predicted molar refractivity (Wildman–Crippen MR) is 75.4 cm³/mol. The summed E-state index contributed by atoms with van der Waals surface area (Å²) in [7, 11) is 0. The van der Waals surface area contributed by atoms with Crippen molar-refractivity contribution in [2.24, 2.45) is 0 Å². The zero-order valence-electron chi connectivity index (χ0n) is 11.7. The van der Waals surface area contributed by atoms with Crippen LogP contribution in [0.3, 0.4) is 0 Å². The highest BCUT2D eigenvalue weighted by molar-refractivity contribution is 5.93. The van der Waals surface area contributed by atoms with Gasteiger partial charge in [-0.25, -0.2) is 9.59 Å². The third-order valence-corrected chi connectivity index (χ3v) is 3.22. The number of hydrogen-bond donors (Lipinski definition) is 3. The van der Waals surface area contributed by atoms with Crippen molar-refractivity contribution in [1.82, 2.24) is 4.90 Å². The molecule has 1 aliphatic rings. The van der Waals surface area contributed by atoms with Crippen LogP contribution in [0.25, 0.3) is 0 Å². The Morgan fingerprint density at radius 1 is 1.48 bits per heavy atom. The third-order valence-electron chi connectivity index (χ3n) is 3.22. The standard InChI is InChI=1S/C14H18N2O5/c1-2-21-11-5-3-4-9(6-11)15-14(20)16-8-10(17)7-12(16)13(18)19/h3-6,10,12,17H,2,7-8H2,1H3,(H,15,20)(H,18,19)/t10-,12-/m1/s1. The fourth-order valence-corrected chi connectivity index (χ4v) is 2.30. The Bertz CT molecular complexity index is 534. The number of β-amino-alcohol motifs (C(OH)–C–C–N with tert-alkyl or cyclic N) is 1. The Labute approximate surface area is 122 Å². The maximum absolute atomic E-state index is 12.1. The number of aliphatic carboxylic acids is 1. The van der Waals surface area contributed by atoms with Crippen molar-refractivity contribution >= 4 is 17.7 Å². The average molecular weight is 294 g/mol. The molecule has 7 heteroatoms. The SMILES string of the molecule is CCOc1cccc(NC(=O)N2C[C@H](O)C[C@@H]2C(=O)O)c1. The number of aliphatic hydroxyl groups excluding tert-OH is 1. The lowest BCUT2D eigenvalue weighted by Gasteiger charge is -2.21. The smallest absolute Gasteiger partial charge is 0.326 e. The summed E-state index contributed by atoms with van der Waals surface area (Å²) in [6.45, 7) is 2.37. The number of rotatable bonds is 4. The van der Waals surface area contributed by atoms with Gasteiger partial charge in [-0.2, -0.15) is 0 Å². The number of carbonyl (C=O) groups is 2. The molecule has 0 saturated carbocycles. The van der Waals surface area contributed by atoms with E-state index in [1.807, 2.05) is 6.92 Å². The van der Waals surface area contributed by atoms with Crippen molar-refractivity contribution in [1.29, 1.82) is 0 Å². The van der Waals surface area contributed by atoms with Crippen molar-refractivity contribution < 1.29 is 24.5 Å². The number of anilines is 1. The van der Waals surface area contributed by atoms with Crippen LogP contribution in [0.4, 0.5) is 10.5 Å². The molecule has 1 aromatic rings. The molecule has 0 bridgehead atoms. The molecule has 2 atom stereocenters. The minimum atomic E-state index is -1.12. The van der Waals surface area contributed by atoms with Crippen LogP contribution in [0, 0.1) is 0 Å². The van der Waals surface area contributed by atoms with E-state index in [-0.39, 0.29) is 13.0 Å². The number of carboxylic acids is 1. The Balaban J connectivity index is 2.07. The summed E-state index contributed by atoms with van der Waals surface area (Å²) in [6, 6.07) is 5.28. The number of carboxylic acid groups (broad SMARTS) is 1. The minimum absolute atomic E-state index is 0.00789. The number of benzene rings is 1. The maximum atomic E-state index is 12.1. The first-order valence-electron chi connectivity index (χ1n) is 6.72. The normalized spacial score (nSPS) is 21.1. The zero-order valence-corrected chi connectivity index (χ0v) is 11.7. The van der Waals surface area contributed by atoms with Crippen LogP contribution in [-0.4, -0.2) is 52.4 Å². The van der Waals surface area contributed by atoms with Gasteiger partial charge in [0.05, 0.1) is 12.7 Å². The van der Waals surface area contributed by atoms with Gasteiger partial charge in [0, 0.05) is 24.7 Å². The third kappa shape index (κ3) is 3.63. The summed E-state index contributed by atoms with van der Waals surface area (Å²) < 4.78 is 5.33. The van der Waals surface area contributed by atoms with E-state index >= 15 is 0 Å². The van der Waals surface area contributed by atoms with Crippen LogP contribution in [0.1, 0.15) is 13.3 Å². The second kappa shape index (κ2) is 6.45. The fraction of sp³-hybridized carbons (Fsp3) is 0.429. The molecule has 0 aliphatic carbocycles. The van der Waals surface area contributed by atoms with E-state index in [1.54, 1.807) is 24.3 Å². The molecule has 0 spiro atoms.